The Kier molecular flexibility index (Phi) is 4.78. The Morgan fingerprint density at radius 2 is 2.07 bits per heavy atom. The summed E-state index contributed by atoms with van der Waals surface area (Å²) in [5.41, 5.74) is 4.91. The number of nitrogens with zero attached hydrogens (tertiary/aromatic N) is 5. The van der Waals surface area contributed by atoms with Crippen LogP contribution in [0.2, 0.25) is 0 Å². The molecule has 0 fully saturated rings. The lowest BCUT2D eigenvalue weighted by Gasteiger charge is -2.21. The molecule has 0 bridgehead atoms. The fourth-order valence-electron chi connectivity index (χ4n) is 3.49. The number of aliphatic hydroxyl groups excluding tert-OH is 1. The number of aliphatic hydroxyl groups is 1. The smallest absolute Gasteiger partial charge is 0.227 e. The minimum Gasteiger partial charge on any atom is -0.395 e. The van der Waals surface area contributed by atoms with Crippen LogP contribution in [0, 0.1) is 29.6 Å². The number of hydrogen-bond donors (Lipinski definition) is 3. The number of benzene rings is 1. The van der Waals surface area contributed by atoms with E-state index in [9.17, 15) is 10.4 Å². The zero-order valence-corrected chi connectivity index (χ0v) is 16.6. The molecule has 0 saturated carbocycles. The first-order chi connectivity index (χ1) is 14.5. The fourth-order valence-corrected chi connectivity index (χ4v) is 3.49. The molecule has 1 atom stereocenters. The molecular weight excluding hydrogens is 378 g/mol. The van der Waals surface area contributed by atoms with Gasteiger partial charge in [0.25, 0.3) is 0 Å². The van der Waals surface area contributed by atoms with Crippen molar-refractivity contribution in [3.63, 3.8) is 0 Å². The molecule has 1 aliphatic heterocycles. The molecule has 1 unspecified atom stereocenters. The molecule has 0 saturated heterocycles. The zero-order chi connectivity index (χ0) is 21.3. The van der Waals surface area contributed by atoms with E-state index in [1.165, 1.54) is 6.20 Å². The third-order valence-electron chi connectivity index (χ3n) is 5.33. The lowest BCUT2D eigenvalue weighted by atomic mass is 9.83. The number of aromatic nitrogens is 3. The van der Waals surface area contributed by atoms with E-state index in [0.29, 0.717) is 35.0 Å². The van der Waals surface area contributed by atoms with Crippen LogP contribution < -0.4 is 10.6 Å². The first kappa shape index (κ1) is 19.3. The summed E-state index contributed by atoms with van der Waals surface area (Å²) in [6, 6.07) is 11.5. The molecule has 1 aliphatic rings. The van der Waals surface area contributed by atoms with Crippen LogP contribution in [0.25, 0.3) is 11.3 Å². The summed E-state index contributed by atoms with van der Waals surface area (Å²) in [5.74, 6) is 0.356. The molecule has 8 heteroatoms. The van der Waals surface area contributed by atoms with Gasteiger partial charge in [0.1, 0.15) is 12.1 Å². The van der Waals surface area contributed by atoms with Crippen LogP contribution in [0.5, 0.6) is 0 Å². The second-order valence-corrected chi connectivity index (χ2v) is 7.49. The molecule has 8 nitrogen and oxygen atoms in total. The van der Waals surface area contributed by atoms with Crippen LogP contribution in [0.4, 0.5) is 17.3 Å². The van der Waals surface area contributed by atoms with Crippen LogP contribution in [0.3, 0.4) is 0 Å². The Hall–Kier alpha value is -4.01. The van der Waals surface area contributed by atoms with Crippen molar-refractivity contribution in [2.45, 2.75) is 19.3 Å². The molecule has 0 spiro atoms. The maximum Gasteiger partial charge on any atom is 0.227 e. The fraction of sp³-hybridized carbons (Fsp3) is 0.227. The number of anilines is 3. The normalized spacial score (nSPS) is 16.8. The van der Waals surface area contributed by atoms with Crippen molar-refractivity contribution >= 4 is 17.3 Å². The van der Waals surface area contributed by atoms with Gasteiger partial charge in [-0.25, -0.2) is 9.97 Å². The minimum atomic E-state index is -0.467. The number of aryl methyl sites for hydroxylation is 1. The van der Waals surface area contributed by atoms with Gasteiger partial charge >= 0.3 is 0 Å². The molecule has 3 heterocycles. The Morgan fingerprint density at radius 3 is 2.80 bits per heavy atom. The highest BCUT2D eigenvalue weighted by Gasteiger charge is 2.35. The average Bonchev–Trinajstić information content (AvgIpc) is 3.12. The van der Waals surface area contributed by atoms with Gasteiger partial charge in [-0.15, -0.1) is 0 Å². The maximum absolute atomic E-state index is 9.89. The van der Waals surface area contributed by atoms with Gasteiger partial charge in [0, 0.05) is 29.9 Å². The minimum absolute atomic E-state index is 0.0284. The maximum atomic E-state index is 9.89. The van der Waals surface area contributed by atoms with Crippen LogP contribution in [0.1, 0.15) is 29.3 Å². The predicted molar refractivity (Wildman–Crippen MR) is 112 cm³/mol. The zero-order valence-electron chi connectivity index (χ0n) is 16.6. The highest BCUT2D eigenvalue weighted by atomic mass is 16.3. The quantitative estimate of drug-likeness (QED) is 0.612. The van der Waals surface area contributed by atoms with Gasteiger partial charge in [-0.05, 0) is 36.8 Å². The third-order valence-corrected chi connectivity index (χ3v) is 5.33. The molecule has 2 aromatic heterocycles. The van der Waals surface area contributed by atoms with E-state index in [2.05, 4.69) is 37.7 Å². The van der Waals surface area contributed by atoms with E-state index in [0.717, 1.165) is 22.5 Å². The van der Waals surface area contributed by atoms with Gasteiger partial charge in [0.05, 0.1) is 40.5 Å². The largest absolute Gasteiger partial charge is 0.395 e. The molecule has 4 rings (SSSR count). The van der Waals surface area contributed by atoms with Gasteiger partial charge in [-0.3, -0.25) is 4.98 Å². The molecule has 30 heavy (non-hydrogen) atoms. The van der Waals surface area contributed by atoms with E-state index in [1.807, 2.05) is 19.9 Å². The first-order valence-electron chi connectivity index (χ1n) is 9.38. The van der Waals surface area contributed by atoms with E-state index >= 15 is 0 Å². The Morgan fingerprint density at radius 1 is 1.23 bits per heavy atom. The SMILES string of the molecule is Cc1ncc(C#N)cc1Nc1nccc(-c2cc(C#N)c3c(c2)C(C)(CO)CN3)n1. The van der Waals surface area contributed by atoms with Gasteiger partial charge < -0.3 is 15.7 Å². The van der Waals surface area contributed by atoms with E-state index in [4.69, 9.17) is 5.26 Å². The van der Waals surface area contributed by atoms with Crippen LogP contribution in [-0.4, -0.2) is 33.2 Å². The number of pyridine rings is 1. The van der Waals surface area contributed by atoms with Crippen molar-refractivity contribution in [2.75, 3.05) is 23.8 Å². The molecule has 0 aliphatic carbocycles. The van der Waals surface area contributed by atoms with Crippen molar-refractivity contribution in [2.24, 2.45) is 0 Å². The number of rotatable bonds is 4. The van der Waals surface area contributed by atoms with E-state index < -0.39 is 5.41 Å². The van der Waals surface area contributed by atoms with Crippen molar-refractivity contribution in [1.82, 2.24) is 15.0 Å². The van der Waals surface area contributed by atoms with Crippen LogP contribution in [-0.2, 0) is 5.41 Å². The number of fused-ring (bicyclic) bond motifs is 1. The van der Waals surface area contributed by atoms with Gasteiger partial charge in [0.2, 0.25) is 5.95 Å². The Balaban J connectivity index is 1.75. The molecule has 148 valence electrons. The first-order valence-corrected chi connectivity index (χ1v) is 9.38. The van der Waals surface area contributed by atoms with Crippen molar-refractivity contribution in [3.05, 3.63) is 59.0 Å². The summed E-state index contributed by atoms with van der Waals surface area (Å²) < 4.78 is 0. The Labute approximate surface area is 173 Å². The molecule has 0 amide bonds. The molecule has 3 aromatic rings. The second-order valence-electron chi connectivity index (χ2n) is 7.49. The highest BCUT2D eigenvalue weighted by molar-refractivity contribution is 5.76. The summed E-state index contributed by atoms with van der Waals surface area (Å²) in [7, 11) is 0. The number of nitrogens with one attached hydrogen (secondary N) is 2. The summed E-state index contributed by atoms with van der Waals surface area (Å²) in [6.07, 6.45) is 3.14. The molecule has 1 aromatic carbocycles. The molecular formula is C22H19N7O. The second kappa shape index (κ2) is 7.43. The van der Waals surface area contributed by atoms with Crippen molar-refractivity contribution < 1.29 is 5.11 Å². The van der Waals surface area contributed by atoms with Gasteiger partial charge in [-0.2, -0.15) is 10.5 Å². The predicted octanol–water partition coefficient (Wildman–Crippen LogP) is 3.01. The monoisotopic (exact) mass is 397 g/mol. The average molecular weight is 397 g/mol. The summed E-state index contributed by atoms with van der Waals surface area (Å²) in [4.78, 5) is 13.1. The van der Waals surface area contributed by atoms with E-state index in [1.54, 1.807) is 24.4 Å². The topological polar surface area (TPSA) is 131 Å². The van der Waals surface area contributed by atoms with Crippen LogP contribution in [0.15, 0.2) is 36.7 Å². The molecule has 3 N–H and O–H groups in total. The molecule has 0 radical (unpaired) electrons. The number of nitriles is 2. The third kappa shape index (κ3) is 3.30. The summed E-state index contributed by atoms with van der Waals surface area (Å²) >= 11 is 0. The van der Waals surface area contributed by atoms with E-state index in [-0.39, 0.29) is 6.61 Å². The highest BCUT2D eigenvalue weighted by Crippen LogP contribution is 2.41. The van der Waals surface area contributed by atoms with Gasteiger partial charge in [-0.1, -0.05) is 6.92 Å². The Bertz CT molecular complexity index is 1230. The van der Waals surface area contributed by atoms with Crippen molar-refractivity contribution in [1.29, 1.82) is 10.5 Å². The lowest BCUT2D eigenvalue weighted by Crippen LogP contribution is -2.28. The lowest BCUT2D eigenvalue weighted by molar-refractivity contribution is 0.219. The standard InChI is InChI=1S/C22H19N7O/c1-13-19(5-14(8-23)10-26-13)29-21-25-4-3-18(28-21)15-6-16(9-24)20-17(7-15)22(2,12-30)11-27-20/h3-7,10,27,30H,11-12H2,1-2H3,(H,25,28,29). The number of hydrogen-bond acceptors (Lipinski definition) is 8. The van der Waals surface area contributed by atoms with Crippen LogP contribution >= 0.6 is 0 Å². The van der Waals surface area contributed by atoms with Crippen molar-refractivity contribution in [3.8, 4) is 23.4 Å². The summed E-state index contributed by atoms with van der Waals surface area (Å²) in [5, 5.41) is 35.0. The van der Waals surface area contributed by atoms with Gasteiger partial charge in [0.15, 0.2) is 0 Å². The summed E-state index contributed by atoms with van der Waals surface area (Å²) in [6.45, 7) is 4.33.